The van der Waals surface area contributed by atoms with Gasteiger partial charge in [0.05, 0.1) is 17.7 Å². The monoisotopic (exact) mass is 516 g/mol. The van der Waals surface area contributed by atoms with Crippen molar-refractivity contribution in [2.24, 2.45) is 0 Å². The van der Waals surface area contributed by atoms with Crippen LogP contribution in [0.25, 0.3) is 0 Å². The summed E-state index contributed by atoms with van der Waals surface area (Å²) in [4.78, 5) is 12.9. The van der Waals surface area contributed by atoms with E-state index in [4.69, 9.17) is 4.74 Å². The molecule has 2 aromatic heterocycles. The zero-order valence-corrected chi connectivity index (χ0v) is 20.2. The molecule has 0 spiro atoms. The normalized spacial score (nSPS) is 12.1. The van der Waals surface area contributed by atoms with E-state index in [9.17, 15) is 21.6 Å². The summed E-state index contributed by atoms with van der Waals surface area (Å²) in [6.45, 7) is 3.10. The second-order valence-corrected chi connectivity index (χ2v) is 10.4. The Balaban J connectivity index is 1.85. The molecule has 2 N–H and O–H groups in total. The van der Waals surface area contributed by atoms with Crippen molar-refractivity contribution in [1.82, 2.24) is 19.9 Å². The molecule has 14 heteroatoms. The first-order valence-electron chi connectivity index (χ1n) is 10.0. The van der Waals surface area contributed by atoms with Crippen molar-refractivity contribution < 1.29 is 26.3 Å². The quantitative estimate of drug-likeness (QED) is 0.415. The molecule has 0 amide bonds. The van der Waals surface area contributed by atoms with Gasteiger partial charge in [-0.05, 0) is 39.2 Å². The lowest BCUT2D eigenvalue weighted by Crippen LogP contribution is -2.22. The Bertz CT molecular complexity index is 1230. The fourth-order valence-electron chi connectivity index (χ4n) is 2.70. The third-order valence-electron chi connectivity index (χ3n) is 4.26. The Kier molecular flexibility index (Phi) is 7.94. The van der Waals surface area contributed by atoms with Crippen LogP contribution in [0.2, 0.25) is 0 Å². The summed E-state index contributed by atoms with van der Waals surface area (Å²) >= 11 is 0.770. The average molecular weight is 517 g/mol. The number of nitrogens with zero attached hydrogens (tertiary/aromatic N) is 4. The molecule has 1 aromatic carbocycles. The Hall–Kier alpha value is -2.97. The number of anilines is 3. The molecule has 0 bridgehead atoms. The molecule has 0 aliphatic rings. The third kappa shape index (κ3) is 6.55. The van der Waals surface area contributed by atoms with Crippen LogP contribution in [-0.2, 0) is 16.0 Å². The Morgan fingerprint density at radius 2 is 1.88 bits per heavy atom. The van der Waals surface area contributed by atoms with E-state index < -0.39 is 21.8 Å². The first-order chi connectivity index (χ1) is 16.0. The van der Waals surface area contributed by atoms with Crippen LogP contribution in [0.1, 0.15) is 12.7 Å². The van der Waals surface area contributed by atoms with E-state index in [2.05, 4.69) is 25.6 Å². The lowest BCUT2D eigenvalue weighted by atomic mass is 10.3. The third-order valence-corrected chi connectivity index (χ3v) is 7.38. The van der Waals surface area contributed by atoms with Gasteiger partial charge in [-0.3, -0.25) is 0 Å². The lowest BCUT2D eigenvalue weighted by molar-refractivity contribution is -0.144. The molecule has 3 aromatic rings. The highest BCUT2D eigenvalue weighted by molar-refractivity contribution is 7.93. The maximum atomic E-state index is 13.3. The van der Waals surface area contributed by atoms with Crippen LogP contribution in [0.5, 0.6) is 5.75 Å². The molecular weight excluding hydrogens is 493 g/mol. The predicted molar refractivity (Wildman–Crippen MR) is 123 cm³/mol. The standard InChI is InChI=1S/C20H23F3N6O3S2/c1-4-32-13-6-5-7-14(10-13)34(30,31)17-12-25-19(33-17)28-16-11-15(24-8-9-29(2)3)26-18(27-16)20(21,22)23/h5-7,10-12H,4,8-9H2,1-3H3,(H2,24,25,26,27,28). The van der Waals surface area contributed by atoms with E-state index in [1.54, 1.807) is 19.1 Å². The average Bonchev–Trinajstić information content (AvgIpc) is 3.22. The molecule has 184 valence electrons. The molecule has 0 aliphatic heterocycles. The maximum absolute atomic E-state index is 13.3. The first-order valence-corrected chi connectivity index (χ1v) is 12.3. The van der Waals surface area contributed by atoms with Crippen LogP contribution in [-0.4, -0.2) is 62.1 Å². The highest BCUT2D eigenvalue weighted by Crippen LogP contribution is 2.33. The van der Waals surface area contributed by atoms with Crippen molar-refractivity contribution >= 4 is 37.9 Å². The van der Waals surface area contributed by atoms with Crippen LogP contribution in [0, 0.1) is 0 Å². The Morgan fingerprint density at radius 1 is 1.15 bits per heavy atom. The SMILES string of the molecule is CCOc1cccc(S(=O)(=O)c2cnc(Nc3cc(NCCN(C)C)nc(C(F)(F)F)n3)s2)c1. The van der Waals surface area contributed by atoms with Gasteiger partial charge in [0.25, 0.3) is 0 Å². The van der Waals surface area contributed by atoms with Gasteiger partial charge in [0.1, 0.15) is 21.6 Å². The molecular formula is C20H23F3N6O3S2. The van der Waals surface area contributed by atoms with Crippen molar-refractivity contribution in [2.45, 2.75) is 22.2 Å². The highest BCUT2D eigenvalue weighted by Gasteiger charge is 2.35. The van der Waals surface area contributed by atoms with Crippen LogP contribution in [0.4, 0.5) is 29.9 Å². The molecule has 0 fully saturated rings. The zero-order chi connectivity index (χ0) is 24.9. The molecule has 0 saturated carbocycles. The van der Waals surface area contributed by atoms with E-state index in [-0.39, 0.29) is 25.9 Å². The lowest BCUT2D eigenvalue weighted by Gasteiger charge is -2.13. The fourth-order valence-corrected chi connectivity index (χ4v) is 5.18. The van der Waals surface area contributed by atoms with E-state index in [0.717, 1.165) is 17.5 Å². The number of halogens is 3. The molecule has 0 radical (unpaired) electrons. The summed E-state index contributed by atoms with van der Waals surface area (Å²) in [6, 6.07) is 7.32. The highest BCUT2D eigenvalue weighted by atomic mass is 32.2. The van der Waals surface area contributed by atoms with Crippen LogP contribution >= 0.6 is 11.3 Å². The number of sulfone groups is 1. The van der Waals surface area contributed by atoms with Gasteiger partial charge in [-0.15, -0.1) is 0 Å². The van der Waals surface area contributed by atoms with Crippen LogP contribution < -0.4 is 15.4 Å². The predicted octanol–water partition coefficient (Wildman–Crippen LogP) is 3.90. The molecule has 0 atom stereocenters. The molecule has 3 rings (SSSR count). The van der Waals surface area contributed by atoms with E-state index >= 15 is 0 Å². The van der Waals surface area contributed by atoms with E-state index in [1.807, 2.05) is 19.0 Å². The number of rotatable bonds is 10. The van der Waals surface area contributed by atoms with Crippen molar-refractivity contribution in [2.75, 3.05) is 44.4 Å². The number of alkyl halides is 3. The summed E-state index contributed by atoms with van der Waals surface area (Å²) in [6.07, 6.45) is -3.63. The number of hydrogen-bond donors (Lipinski definition) is 2. The number of benzene rings is 1. The van der Waals surface area contributed by atoms with Gasteiger partial charge in [0, 0.05) is 19.2 Å². The van der Waals surface area contributed by atoms with Gasteiger partial charge >= 0.3 is 6.18 Å². The second-order valence-electron chi connectivity index (χ2n) is 7.21. The van der Waals surface area contributed by atoms with Crippen molar-refractivity contribution in [3.05, 3.63) is 42.4 Å². The summed E-state index contributed by atoms with van der Waals surface area (Å²) in [5, 5.41) is 5.53. The smallest absolute Gasteiger partial charge is 0.451 e. The molecule has 9 nitrogen and oxygen atoms in total. The van der Waals surface area contributed by atoms with Crippen molar-refractivity contribution in [3.8, 4) is 5.75 Å². The topological polar surface area (TPSA) is 109 Å². The first kappa shape index (κ1) is 25.6. The Labute approximate surface area is 198 Å². The number of aromatic nitrogens is 3. The van der Waals surface area contributed by atoms with Gasteiger partial charge in [-0.25, -0.2) is 23.4 Å². The van der Waals surface area contributed by atoms with Crippen molar-refractivity contribution in [1.29, 1.82) is 0 Å². The summed E-state index contributed by atoms with van der Waals surface area (Å²) in [7, 11) is -0.244. The zero-order valence-electron chi connectivity index (χ0n) is 18.5. The van der Waals surface area contributed by atoms with E-state index in [0.29, 0.717) is 25.4 Å². The summed E-state index contributed by atoms with van der Waals surface area (Å²) in [5.74, 6) is -1.13. The van der Waals surface area contributed by atoms with Gasteiger partial charge in [-0.1, -0.05) is 17.4 Å². The van der Waals surface area contributed by atoms with Gasteiger partial charge in [0.2, 0.25) is 15.7 Å². The molecule has 0 unspecified atom stereocenters. The molecule has 2 heterocycles. The van der Waals surface area contributed by atoms with Gasteiger partial charge in [0.15, 0.2) is 5.13 Å². The van der Waals surface area contributed by atoms with E-state index in [1.165, 1.54) is 18.2 Å². The molecule has 0 saturated heterocycles. The summed E-state index contributed by atoms with van der Waals surface area (Å²) in [5.41, 5.74) is 0. The largest absolute Gasteiger partial charge is 0.494 e. The minimum Gasteiger partial charge on any atom is -0.494 e. The summed E-state index contributed by atoms with van der Waals surface area (Å²) < 4.78 is 71.0. The number of ether oxygens (including phenoxy) is 1. The van der Waals surface area contributed by atoms with Gasteiger partial charge < -0.3 is 20.3 Å². The number of thiazole rings is 1. The minimum absolute atomic E-state index is 0.0161. The fraction of sp³-hybridized carbons (Fsp3) is 0.350. The van der Waals surface area contributed by atoms with Crippen molar-refractivity contribution in [3.63, 3.8) is 0 Å². The minimum atomic E-state index is -4.77. The number of hydrogen-bond acceptors (Lipinski definition) is 10. The number of nitrogens with one attached hydrogen (secondary N) is 2. The maximum Gasteiger partial charge on any atom is 0.451 e. The van der Waals surface area contributed by atoms with Crippen LogP contribution in [0.15, 0.2) is 45.6 Å². The molecule has 0 aliphatic carbocycles. The number of likely N-dealkylation sites (N-methyl/N-ethyl adjacent to an activating group) is 1. The molecule has 34 heavy (non-hydrogen) atoms. The van der Waals surface area contributed by atoms with Crippen LogP contribution in [0.3, 0.4) is 0 Å². The Morgan fingerprint density at radius 3 is 2.56 bits per heavy atom. The second kappa shape index (κ2) is 10.5. The van der Waals surface area contributed by atoms with Gasteiger partial charge in [-0.2, -0.15) is 13.2 Å².